The van der Waals surface area contributed by atoms with Crippen LogP contribution in [-0.4, -0.2) is 22.1 Å². The Kier molecular flexibility index (Phi) is 5.38. The summed E-state index contributed by atoms with van der Waals surface area (Å²) in [6, 6.07) is 9.71. The molecule has 1 N–H and O–H groups in total. The fourth-order valence-corrected chi connectivity index (χ4v) is 3.54. The highest BCUT2D eigenvalue weighted by Crippen LogP contribution is 2.32. The number of halogens is 1. The van der Waals surface area contributed by atoms with Gasteiger partial charge in [0.1, 0.15) is 16.4 Å². The lowest BCUT2D eigenvalue weighted by atomic mass is 10.2. The Hall–Kier alpha value is -1.92. The number of ether oxygens (including phenoxy) is 2. The first-order valence-corrected chi connectivity index (χ1v) is 8.83. The van der Waals surface area contributed by atoms with Gasteiger partial charge in [-0.05, 0) is 49.7 Å². The van der Waals surface area contributed by atoms with Crippen LogP contribution < -0.4 is 14.2 Å². The Morgan fingerprint density at radius 3 is 2.48 bits per heavy atom. The number of aryl methyl sites for hydroxylation is 1. The molecule has 2 aromatic carbocycles. The molecule has 0 heterocycles. The minimum atomic E-state index is -3.88. The molecule has 23 heavy (non-hydrogen) atoms. The standard InChI is InChI=1S/C16H18ClNO4S/c1-4-22-15-8-6-12(17)10-16(15)23(19,20)18-13-9-11(2)5-7-14(13)21-3/h5-10,18H,4H2,1-3H3. The van der Waals surface area contributed by atoms with Gasteiger partial charge >= 0.3 is 0 Å². The number of hydrogen-bond donors (Lipinski definition) is 1. The van der Waals surface area contributed by atoms with Crippen LogP contribution in [0.3, 0.4) is 0 Å². The van der Waals surface area contributed by atoms with Gasteiger partial charge < -0.3 is 9.47 Å². The van der Waals surface area contributed by atoms with E-state index in [1.807, 2.05) is 13.0 Å². The summed E-state index contributed by atoms with van der Waals surface area (Å²) in [4.78, 5) is -0.0181. The molecule has 0 aliphatic rings. The van der Waals surface area contributed by atoms with Crippen molar-refractivity contribution in [2.75, 3.05) is 18.4 Å². The quantitative estimate of drug-likeness (QED) is 0.854. The molecule has 0 bridgehead atoms. The van der Waals surface area contributed by atoms with Crippen molar-refractivity contribution in [3.63, 3.8) is 0 Å². The average Bonchev–Trinajstić information content (AvgIpc) is 2.49. The van der Waals surface area contributed by atoms with Gasteiger partial charge in [0.25, 0.3) is 10.0 Å². The number of nitrogens with one attached hydrogen (secondary N) is 1. The van der Waals surface area contributed by atoms with Crippen molar-refractivity contribution < 1.29 is 17.9 Å². The molecule has 0 aliphatic heterocycles. The van der Waals surface area contributed by atoms with Gasteiger partial charge in [-0.25, -0.2) is 8.42 Å². The van der Waals surface area contributed by atoms with Crippen molar-refractivity contribution in [3.8, 4) is 11.5 Å². The molecule has 0 fully saturated rings. The predicted octanol–water partition coefficient (Wildman–Crippen LogP) is 3.86. The van der Waals surface area contributed by atoms with Crippen molar-refractivity contribution in [1.82, 2.24) is 0 Å². The second-order valence-corrected chi connectivity index (χ2v) is 6.92. The minimum Gasteiger partial charge on any atom is -0.495 e. The van der Waals surface area contributed by atoms with E-state index in [9.17, 15) is 8.42 Å². The summed E-state index contributed by atoms with van der Waals surface area (Å²) < 4.78 is 38.6. The molecule has 2 aromatic rings. The van der Waals surface area contributed by atoms with Gasteiger partial charge in [0.05, 0.1) is 19.4 Å². The van der Waals surface area contributed by atoms with E-state index in [4.69, 9.17) is 21.1 Å². The van der Waals surface area contributed by atoms with Gasteiger partial charge in [-0.3, -0.25) is 4.72 Å². The predicted molar refractivity (Wildman–Crippen MR) is 91.2 cm³/mol. The van der Waals surface area contributed by atoms with Crippen molar-refractivity contribution in [2.24, 2.45) is 0 Å². The molecule has 124 valence electrons. The molecular weight excluding hydrogens is 338 g/mol. The van der Waals surface area contributed by atoms with E-state index in [1.165, 1.54) is 19.2 Å². The first-order chi connectivity index (χ1) is 10.9. The molecule has 0 aliphatic carbocycles. The van der Waals surface area contributed by atoms with Gasteiger partial charge in [-0.1, -0.05) is 17.7 Å². The monoisotopic (exact) mass is 355 g/mol. The highest BCUT2D eigenvalue weighted by molar-refractivity contribution is 7.92. The van der Waals surface area contributed by atoms with Crippen molar-refractivity contribution in [1.29, 1.82) is 0 Å². The van der Waals surface area contributed by atoms with Crippen LogP contribution >= 0.6 is 11.6 Å². The second kappa shape index (κ2) is 7.10. The largest absolute Gasteiger partial charge is 0.495 e. The third-order valence-corrected chi connectivity index (χ3v) is 4.72. The minimum absolute atomic E-state index is 0.0181. The van der Waals surface area contributed by atoms with Crippen molar-refractivity contribution in [2.45, 2.75) is 18.7 Å². The summed E-state index contributed by atoms with van der Waals surface area (Å²) in [6.07, 6.45) is 0. The highest BCUT2D eigenvalue weighted by atomic mass is 35.5. The summed E-state index contributed by atoms with van der Waals surface area (Å²) in [6.45, 7) is 3.99. The molecule has 2 rings (SSSR count). The van der Waals surface area contributed by atoms with Crippen LogP contribution in [0.4, 0.5) is 5.69 Å². The molecular formula is C16H18ClNO4S. The smallest absolute Gasteiger partial charge is 0.265 e. The molecule has 0 spiro atoms. The Bertz CT molecular complexity index is 806. The maximum Gasteiger partial charge on any atom is 0.265 e. The van der Waals surface area contributed by atoms with Crippen LogP contribution in [0.2, 0.25) is 5.02 Å². The zero-order valence-electron chi connectivity index (χ0n) is 13.1. The van der Waals surface area contributed by atoms with E-state index < -0.39 is 10.0 Å². The number of sulfonamides is 1. The zero-order chi connectivity index (χ0) is 17.0. The summed E-state index contributed by atoms with van der Waals surface area (Å²) in [5, 5.41) is 0.310. The molecule has 0 amide bonds. The van der Waals surface area contributed by atoms with E-state index in [-0.39, 0.29) is 10.6 Å². The maximum atomic E-state index is 12.7. The zero-order valence-corrected chi connectivity index (χ0v) is 14.7. The van der Waals surface area contributed by atoms with Gasteiger partial charge in [0.15, 0.2) is 0 Å². The van der Waals surface area contributed by atoms with Crippen LogP contribution in [0, 0.1) is 6.92 Å². The fraction of sp³-hybridized carbons (Fsp3) is 0.250. The van der Waals surface area contributed by atoms with Crippen LogP contribution in [-0.2, 0) is 10.0 Å². The third-order valence-electron chi connectivity index (χ3n) is 3.09. The van der Waals surface area contributed by atoms with Crippen LogP contribution in [0.25, 0.3) is 0 Å². The SMILES string of the molecule is CCOc1ccc(Cl)cc1S(=O)(=O)Nc1cc(C)ccc1OC. The maximum absolute atomic E-state index is 12.7. The van der Waals surface area contributed by atoms with E-state index in [2.05, 4.69) is 4.72 Å². The molecule has 0 unspecified atom stereocenters. The summed E-state index contributed by atoms with van der Waals surface area (Å²) in [7, 11) is -2.40. The highest BCUT2D eigenvalue weighted by Gasteiger charge is 2.22. The lowest BCUT2D eigenvalue weighted by Gasteiger charge is -2.15. The van der Waals surface area contributed by atoms with E-state index in [0.29, 0.717) is 23.1 Å². The van der Waals surface area contributed by atoms with E-state index >= 15 is 0 Å². The normalized spacial score (nSPS) is 11.1. The van der Waals surface area contributed by atoms with Gasteiger partial charge in [0, 0.05) is 5.02 Å². The lowest BCUT2D eigenvalue weighted by Crippen LogP contribution is -2.15. The fourth-order valence-electron chi connectivity index (χ4n) is 2.07. The van der Waals surface area contributed by atoms with Crippen LogP contribution in [0.15, 0.2) is 41.3 Å². The van der Waals surface area contributed by atoms with E-state index in [1.54, 1.807) is 25.1 Å². The first-order valence-electron chi connectivity index (χ1n) is 6.97. The van der Waals surface area contributed by atoms with Crippen LogP contribution in [0.1, 0.15) is 12.5 Å². The Balaban J connectivity index is 2.47. The van der Waals surface area contributed by atoms with Crippen LogP contribution in [0.5, 0.6) is 11.5 Å². The average molecular weight is 356 g/mol. The molecule has 5 nitrogen and oxygen atoms in total. The lowest BCUT2D eigenvalue weighted by molar-refractivity contribution is 0.331. The number of anilines is 1. The molecule has 0 saturated carbocycles. The topological polar surface area (TPSA) is 64.6 Å². The molecule has 0 saturated heterocycles. The molecule has 0 atom stereocenters. The Labute approximate surface area is 141 Å². The molecule has 7 heteroatoms. The Morgan fingerprint density at radius 2 is 1.83 bits per heavy atom. The summed E-state index contributed by atoms with van der Waals surface area (Å²) in [5.41, 5.74) is 1.26. The Morgan fingerprint density at radius 1 is 1.13 bits per heavy atom. The summed E-state index contributed by atoms with van der Waals surface area (Å²) >= 11 is 5.94. The van der Waals surface area contributed by atoms with Crippen molar-refractivity contribution >= 4 is 27.3 Å². The second-order valence-electron chi connectivity index (χ2n) is 4.83. The number of methoxy groups -OCH3 is 1. The van der Waals surface area contributed by atoms with E-state index in [0.717, 1.165) is 5.56 Å². The molecule has 0 radical (unpaired) electrons. The van der Waals surface area contributed by atoms with Gasteiger partial charge in [0.2, 0.25) is 0 Å². The van der Waals surface area contributed by atoms with Gasteiger partial charge in [-0.15, -0.1) is 0 Å². The summed E-state index contributed by atoms with van der Waals surface area (Å²) in [5.74, 6) is 0.676. The van der Waals surface area contributed by atoms with Gasteiger partial charge in [-0.2, -0.15) is 0 Å². The number of hydrogen-bond acceptors (Lipinski definition) is 4. The third kappa shape index (κ3) is 4.09. The molecule has 0 aromatic heterocycles. The van der Waals surface area contributed by atoms with Crippen molar-refractivity contribution in [3.05, 3.63) is 47.0 Å². The first kappa shape index (κ1) is 17.4. The number of rotatable bonds is 6. The number of benzene rings is 2.